The van der Waals surface area contributed by atoms with Gasteiger partial charge in [-0.15, -0.1) is 0 Å². The Balaban J connectivity index is 1.41. The lowest BCUT2D eigenvalue weighted by atomic mass is 10.2. The maximum atomic E-state index is 13.4. The van der Waals surface area contributed by atoms with Crippen LogP contribution in [-0.2, 0) is 9.59 Å². The smallest absolute Gasteiger partial charge is 0.266 e. The number of thioether (sulfide) groups is 1. The van der Waals surface area contributed by atoms with Gasteiger partial charge in [-0.05, 0) is 47.9 Å². The maximum absolute atomic E-state index is 13.4. The second-order valence-corrected chi connectivity index (χ2v) is 9.18. The number of hydrogen-bond donors (Lipinski definition) is 1. The number of H-pyrrole nitrogens is 1. The van der Waals surface area contributed by atoms with Gasteiger partial charge in [0.2, 0.25) is 11.8 Å². The number of imide groups is 1. The summed E-state index contributed by atoms with van der Waals surface area (Å²) in [7, 11) is 0. The lowest BCUT2D eigenvalue weighted by Gasteiger charge is -2.17. The van der Waals surface area contributed by atoms with E-state index in [4.69, 9.17) is 4.98 Å². The van der Waals surface area contributed by atoms with Crippen molar-refractivity contribution in [1.82, 2.24) is 14.5 Å². The number of nitrogens with zero attached hydrogens (tertiary/aromatic N) is 3. The number of benzene rings is 3. The summed E-state index contributed by atoms with van der Waals surface area (Å²) in [5.74, 6) is -0.592. The van der Waals surface area contributed by atoms with E-state index in [9.17, 15) is 14.4 Å². The Bertz CT molecular complexity index is 1640. The van der Waals surface area contributed by atoms with Crippen LogP contribution in [0.15, 0.2) is 95.0 Å². The molecule has 166 valence electrons. The number of nitrogens with one attached hydrogen (secondary N) is 1. The summed E-state index contributed by atoms with van der Waals surface area (Å²) in [5, 5.41) is 1.18. The predicted octanol–water partition coefficient (Wildman–Crippen LogP) is 4.29. The van der Waals surface area contributed by atoms with Gasteiger partial charge in [0, 0.05) is 18.1 Å². The summed E-state index contributed by atoms with van der Waals surface area (Å²) in [4.78, 5) is 48.7. The number of para-hydroxylation sites is 2. The van der Waals surface area contributed by atoms with Gasteiger partial charge < -0.3 is 4.98 Å². The number of aromatic amines is 1. The van der Waals surface area contributed by atoms with Crippen molar-refractivity contribution in [2.75, 3.05) is 4.90 Å². The summed E-state index contributed by atoms with van der Waals surface area (Å²) in [6, 6.07) is 23.7. The molecule has 1 saturated heterocycles. The molecule has 1 unspecified atom stereocenters. The molecule has 0 saturated carbocycles. The second-order valence-electron chi connectivity index (χ2n) is 8.01. The second kappa shape index (κ2) is 8.00. The highest BCUT2D eigenvalue weighted by Crippen LogP contribution is 2.35. The van der Waals surface area contributed by atoms with Crippen molar-refractivity contribution >= 4 is 51.1 Å². The van der Waals surface area contributed by atoms with Gasteiger partial charge in [-0.25, -0.2) is 9.88 Å². The Labute approximate surface area is 198 Å². The number of aromatic nitrogens is 3. The Morgan fingerprint density at radius 3 is 2.53 bits per heavy atom. The lowest BCUT2D eigenvalue weighted by Crippen LogP contribution is -2.31. The summed E-state index contributed by atoms with van der Waals surface area (Å²) < 4.78 is 1.51. The van der Waals surface area contributed by atoms with Crippen LogP contribution in [0.5, 0.6) is 0 Å². The molecule has 1 aliphatic rings. The molecule has 7 nitrogen and oxygen atoms in total. The standard InChI is InChI=1S/C26H18N4O3S/c31-23-15-22(25(33)29(23)18-11-10-16-12-13-27-21(16)14-18)34-26-28-20-9-5-4-8-19(20)24(32)30(26)17-6-2-1-3-7-17/h1-14,22,27H,15H2. The van der Waals surface area contributed by atoms with E-state index in [1.807, 2.05) is 54.7 Å². The Morgan fingerprint density at radius 2 is 1.68 bits per heavy atom. The maximum Gasteiger partial charge on any atom is 0.266 e. The summed E-state index contributed by atoms with van der Waals surface area (Å²) in [5.41, 5.74) is 2.36. The largest absolute Gasteiger partial charge is 0.361 e. The van der Waals surface area contributed by atoms with Gasteiger partial charge in [0.25, 0.3) is 5.56 Å². The van der Waals surface area contributed by atoms with E-state index in [0.717, 1.165) is 22.7 Å². The van der Waals surface area contributed by atoms with E-state index < -0.39 is 5.25 Å². The van der Waals surface area contributed by atoms with Gasteiger partial charge >= 0.3 is 0 Å². The molecule has 1 fully saturated rings. The first-order valence-corrected chi connectivity index (χ1v) is 11.7. The van der Waals surface area contributed by atoms with Crippen LogP contribution in [0.1, 0.15) is 6.42 Å². The van der Waals surface area contributed by atoms with Gasteiger partial charge in [-0.2, -0.15) is 0 Å². The van der Waals surface area contributed by atoms with E-state index in [-0.39, 0.29) is 23.8 Å². The monoisotopic (exact) mass is 466 g/mol. The molecule has 0 spiro atoms. The van der Waals surface area contributed by atoms with E-state index in [1.165, 1.54) is 9.47 Å². The zero-order chi connectivity index (χ0) is 23.2. The van der Waals surface area contributed by atoms with Gasteiger partial charge in [-0.1, -0.05) is 48.2 Å². The molecule has 1 atom stereocenters. The molecule has 3 aromatic carbocycles. The van der Waals surface area contributed by atoms with Gasteiger partial charge in [-0.3, -0.25) is 19.0 Å². The quantitative estimate of drug-likeness (QED) is 0.315. The van der Waals surface area contributed by atoms with Gasteiger partial charge in [0.1, 0.15) is 5.25 Å². The third-order valence-electron chi connectivity index (χ3n) is 5.91. The number of carbonyl (C=O) groups is 2. The van der Waals surface area contributed by atoms with Crippen molar-refractivity contribution in [2.45, 2.75) is 16.8 Å². The van der Waals surface area contributed by atoms with Gasteiger partial charge in [0.15, 0.2) is 5.16 Å². The SMILES string of the molecule is O=C1CC(Sc2nc3ccccc3c(=O)n2-c2ccccc2)C(=O)N1c1ccc2cc[nH]c2c1. The Kier molecular flexibility index (Phi) is 4.81. The molecule has 0 aliphatic carbocycles. The fourth-order valence-electron chi connectivity index (χ4n) is 4.27. The van der Waals surface area contributed by atoms with Crippen LogP contribution in [0.4, 0.5) is 5.69 Å². The Hall–Kier alpha value is -4.17. The predicted molar refractivity (Wildman–Crippen MR) is 132 cm³/mol. The minimum atomic E-state index is -0.685. The molecule has 34 heavy (non-hydrogen) atoms. The number of rotatable bonds is 4. The summed E-state index contributed by atoms with van der Waals surface area (Å²) in [6.07, 6.45) is 1.85. The normalized spacial score (nSPS) is 16.1. The fourth-order valence-corrected chi connectivity index (χ4v) is 5.40. The first-order valence-electron chi connectivity index (χ1n) is 10.8. The van der Waals surface area contributed by atoms with Crippen LogP contribution >= 0.6 is 11.8 Å². The van der Waals surface area contributed by atoms with E-state index in [0.29, 0.717) is 27.4 Å². The van der Waals surface area contributed by atoms with Crippen molar-refractivity contribution in [3.8, 4) is 5.69 Å². The highest BCUT2D eigenvalue weighted by molar-refractivity contribution is 8.00. The molecule has 0 radical (unpaired) electrons. The molecule has 2 aromatic heterocycles. The van der Waals surface area contributed by atoms with Crippen LogP contribution in [0, 0.1) is 0 Å². The molecular weight excluding hydrogens is 448 g/mol. The molecule has 1 N–H and O–H groups in total. The first kappa shape index (κ1) is 20.4. The lowest BCUT2D eigenvalue weighted by molar-refractivity contribution is -0.121. The third-order valence-corrected chi connectivity index (χ3v) is 7.05. The van der Waals surface area contributed by atoms with Crippen molar-refractivity contribution < 1.29 is 9.59 Å². The highest BCUT2D eigenvalue weighted by Gasteiger charge is 2.41. The molecule has 2 amide bonds. The van der Waals surface area contributed by atoms with Crippen molar-refractivity contribution in [2.24, 2.45) is 0 Å². The zero-order valence-corrected chi connectivity index (χ0v) is 18.7. The molecular formula is C26H18N4O3S. The Morgan fingerprint density at radius 1 is 0.882 bits per heavy atom. The van der Waals surface area contributed by atoms with E-state index in [2.05, 4.69) is 4.98 Å². The van der Waals surface area contributed by atoms with Crippen LogP contribution in [0.25, 0.3) is 27.5 Å². The molecule has 6 rings (SSSR count). The van der Waals surface area contributed by atoms with Crippen LogP contribution in [0.2, 0.25) is 0 Å². The molecule has 0 bridgehead atoms. The van der Waals surface area contributed by atoms with Crippen molar-refractivity contribution in [3.63, 3.8) is 0 Å². The zero-order valence-electron chi connectivity index (χ0n) is 17.8. The number of carbonyl (C=O) groups excluding carboxylic acids is 2. The number of amides is 2. The number of anilines is 1. The van der Waals surface area contributed by atoms with Crippen molar-refractivity contribution in [3.05, 3.63) is 95.4 Å². The van der Waals surface area contributed by atoms with Gasteiger partial charge in [0.05, 0.1) is 22.3 Å². The first-order chi connectivity index (χ1) is 16.6. The fraction of sp³-hybridized carbons (Fsp3) is 0.0769. The molecule has 1 aliphatic heterocycles. The number of hydrogen-bond acceptors (Lipinski definition) is 5. The van der Waals surface area contributed by atoms with Crippen LogP contribution < -0.4 is 10.5 Å². The summed E-state index contributed by atoms with van der Waals surface area (Å²) in [6.45, 7) is 0. The average Bonchev–Trinajstić information content (AvgIpc) is 3.43. The van der Waals surface area contributed by atoms with Crippen LogP contribution in [0.3, 0.4) is 0 Å². The minimum Gasteiger partial charge on any atom is -0.361 e. The minimum absolute atomic E-state index is 0.0315. The molecule has 3 heterocycles. The molecule has 8 heteroatoms. The summed E-state index contributed by atoms with van der Waals surface area (Å²) >= 11 is 1.15. The third kappa shape index (κ3) is 3.31. The van der Waals surface area contributed by atoms with Crippen molar-refractivity contribution in [1.29, 1.82) is 0 Å². The molecule has 5 aromatic rings. The average molecular weight is 467 g/mol. The topological polar surface area (TPSA) is 88.1 Å². The highest BCUT2D eigenvalue weighted by atomic mass is 32.2. The number of fused-ring (bicyclic) bond motifs is 2. The van der Waals surface area contributed by atoms with E-state index in [1.54, 1.807) is 30.3 Å². The van der Waals surface area contributed by atoms with E-state index >= 15 is 0 Å². The van der Waals surface area contributed by atoms with Crippen LogP contribution in [-0.4, -0.2) is 31.6 Å².